The first kappa shape index (κ1) is 9.48. The van der Waals surface area contributed by atoms with Crippen molar-refractivity contribution in [2.75, 3.05) is 6.61 Å². The van der Waals surface area contributed by atoms with Crippen molar-refractivity contribution in [1.82, 2.24) is 0 Å². The lowest BCUT2D eigenvalue weighted by Crippen LogP contribution is -2.24. The van der Waals surface area contributed by atoms with Gasteiger partial charge in [-0.25, -0.2) is 4.89 Å². The molecule has 0 aliphatic heterocycles. The highest BCUT2D eigenvalue weighted by atomic mass is 17.1. The largest absolute Gasteiger partial charge is 0.481 e. The van der Waals surface area contributed by atoms with E-state index in [1.165, 1.54) is 0 Å². The van der Waals surface area contributed by atoms with Crippen molar-refractivity contribution >= 4 is 5.97 Å². The van der Waals surface area contributed by atoms with Crippen LogP contribution >= 0.6 is 0 Å². The number of carboxylic acids is 1. The molecule has 1 fully saturated rings. The Hall–Kier alpha value is -0.610. The molecular weight excluding hydrogens is 160 g/mol. The van der Waals surface area contributed by atoms with Crippen molar-refractivity contribution in [2.45, 2.75) is 25.7 Å². The van der Waals surface area contributed by atoms with E-state index in [1.807, 2.05) is 0 Å². The zero-order valence-electron chi connectivity index (χ0n) is 6.90. The van der Waals surface area contributed by atoms with E-state index in [4.69, 9.17) is 10.4 Å². The Morgan fingerprint density at radius 2 is 2.25 bits per heavy atom. The second-order valence-corrected chi connectivity index (χ2v) is 3.36. The molecule has 1 aliphatic rings. The minimum atomic E-state index is -0.724. The van der Waals surface area contributed by atoms with Crippen LogP contribution in [0.4, 0.5) is 0 Å². The van der Waals surface area contributed by atoms with Gasteiger partial charge in [-0.3, -0.25) is 10.1 Å². The Morgan fingerprint density at radius 1 is 1.50 bits per heavy atom. The Labute approximate surface area is 71.1 Å². The molecule has 0 aromatic heterocycles. The summed E-state index contributed by atoms with van der Waals surface area (Å²) < 4.78 is 0. The molecule has 70 valence electrons. The van der Waals surface area contributed by atoms with Crippen LogP contribution in [0.3, 0.4) is 0 Å². The fraction of sp³-hybridized carbons (Fsp3) is 0.875. The summed E-state index contributed by atoms with van der Waals surface area (Å²) in [5.74, 6) is -0.749. The maximum absolute atomic E-state index is 10.6. The number of rotatable bonds is 3. The lowest BCUT2D eigenvalue weighted by Gasteiger charge is -2.25. The topological polar surface area (TPSA) is 66.8 Å². The molecule has 0 heterocycles. The van der Waals surface area contributed by atoms with E-state index in [0.29, 0.717) is 6.42 Å². The summed E-state index contributed by atoms with van der Waals surface area (Å²) in [7, 11) is 0. The first-order valence-electron chi connectivity index (χ1n) is 4.23. The van der Waals surface area contributed by atoms with Crippen molar-refractivity contribution in [3.05, 3.63) is 0 Å². The lowest BCUT2D eigenvalue weighted by atomic mass is 9.82. The molecule has 1 aliphatic carbocycles. The van der Waals surface area contributed by atoms with Crippen molar-refractivity contribution in [2.24, 2.45) is 11.8 Å². The Kier molecular flexibility index (Phi) is 3.49. The van der Waals surface area contributed by atoms with E-state index in [-0.39, 0.29) is 18.4 Å². The van der Waals surface area contributed by atoms with Gasteiger partial charge in [0, 0.05) is 0 Å². The fourth-order valence-electron chi connectivity index (χ4n) is 1.77. The average Bonchev–Trinajstić information content (AvgIpc) is 2.05. The molecule has 0 bridgehead atoms. The normalized spacial score (nSPS) is 30.1. The first-order chi connectivity index (χ1) is 5.74. The predicted molar refractivity (Wildman–Crippen MR) is 41.7 cm³/mol. The van der Waals surface area contributed by atoms with Crippen molar-refractivity contribution in [3.8, 4) is 0 Å². The molecular formula is C8H14O4. The second kappa shape index (κ2) is 4.42. The van der Waals surface area contributed by atoms with Gasteiger partial charge in [-0.15, -0.1) is 0 Å². The van der Waals surface area contributed by atoms with Crippen LogP contribution in [0.2, 0.25) is 0 Å². The van der Waals surface area contributed by atoms with Crippen molar-refractivity contribution in [1.29, 1.82) is 0 Å². The Morgan fingerprint density at radius 3 is 2.83 bits per heavy atom. The van der Waals surface area contributed by atoms with Gasteiger partial charge in [0.05, 0.1) is 12.5 Å². The van der Waals surface area contributed by atoms with Gasteiger partial charge in [-0.1, -0.05) is 6.42 Å². The number of hydrogen-bond acceptors (Lipinski definition) is 3. The third kappa shape index (κ3) is 2.46. The van der Waals surface area contributed by atoms with Crippen LogP contribution in [0.15, 0.2) is 0 Å². The molecule has 0 aromatic rings. The maximum Gasteiger partial charge on any atom is 0.306 e. The van der Waals surface area contributed by atoms with Gasteiger partial charge in [0.1, 0.15) is 0 Å². The summed E-state index contributed by atoms with van der Waals surface area (Å²) in [4.78, 5) is 14.6. The summed E-state index contributed by atoms with van der Waals surface area (Å²) >= 11 is 0. The molecule has 2 unspecified atom stereocenters. The van der Waals surface area contributed by atoms with E-state index in [9.17, 15) is 4.79 Å². The van der Waals surface area contributed by atoms with Gasteiger partial charge in [0.2, 0.25) is 0 Å². The van der Waals surface area contributed by atoms with Crippen LogP contribution in [-0.2, 0) is 9.68 Å². The van der Waals surface area contributed by atoms with Gasteiger partial charge >= 0.3 is 5.97 Å². The highest BCUT2D eigenvalue weighted by molar-refractivity contribution is 5.70. The number of carbonyl (C=O) groups is 1. The highest BCUT2D eigenvalue weighted by Crippen LogP contribution is 2.29. The lowest BCUT2D eigenvalue weighted by molar-refractivity contribution is -0.253. The van der Waals surface area contributed by atoms with Gasteiger partial charge in [0.15, 0.2) is 0 Å². The fourth-order valence-corrected chi connectivity index (χ4v) is 1.77. The maximum atomic E-state index is 10.6. The molecule has 0 spiro atoms. The van der Waals surface area contributed by atoms with Crippen LogP contribution in [0, 0.1) is 11.8 Å². The quantitative estimate of drug-likeness (QED) is 0.501. The van der Waals surface area contributed by atoms with Crippen LogP contribution in [0.5, 0.6) is 0 Å². The zero-order valence-corrected chi connectivity index (χ0v) is 6.90. The number of aliphatic carboxylic acids is 1. The molecule has 12 heavy (non-hydrogen) atoms. The summed E-state index contributed by atoms with van der Waals surface area (Å²) in [5.41, 5.74) is 0. The minimum Gasteiger partial charge on any atom is -0.481 e. The Bertz CT molecular complexity index is 155. The predicted octanol–water partition coefficient (Wildman–Crippen LogP) is 1.37. The third-order valence-corrected chi connectivity index (χ3v) is 2.44. The Balaban J connectivity index is 2.35. The highest BCUT2D eigenvalue weighted by Gasteiger charge is 2.26. The van der Waals surface area contributed by atoms with Crippen LogP contribution in [0.1, 0.15) is 25.7 Å². The summed E-state index contributed by atoms with van der Waals surface area (Å²) in [6.07, 6.45) is 3.28. The second-order valence-electron chi connectivity index (χ2n) is 3.36. The summed E-state index contributed by atoms with van der Waals surface area (Å²) in [5, 5.41) is 16.9. The molecule has 0 saturated heterocycles. The number of hydrogen-bond donors (Lipinski definition) is 2. The third-order valence-electron chi connectivity index (χ3n) is 2.44. The smallest absolute Gasteiger partial charge is 0.306 e. The standard InChI is InChI=1S/C8H14O4/c9-8(10)7-3-1-2-6(4-7)5-12-11/h6-7,11H,1-5H2,(H,9,10). The van der Waals surface area contributed by atoms with E-state index < -0.39 is 5.97 Å². The number of carboxylic acid groups (broad SMARTS) is 1. The van der Waals surface area contributed by atoms with Gasteiger partial charge < -0.3 is 5.11 Å². The SMILES string of the molecule is O=C(O)C1CCCC(COO)C1. The van der Waals surface area contributed by atoms with Gasteiger partial charge in [-0.05, 0) is 25.2 Å². The first-order valence-corrected chi connectivity index (χ1v) is 4.23. The monoisotopic (exact) mass is 174 g/mol. The molecule has 2 atom stereocenters. The summed E-state index contributed by atoms with van der Waals surface area (Å²) in [6.45, 7) is 0.268. The van der Waals surface area contributed by atoms with Gasteiger partial charge in [-0.2, -0.15) is 0 Å². The molecule has 4 heteroatoms. The minimum absolute atomic E-state index is 0.213. The van der Waals surface area contributed by atoms with Gasteiger partial charge in [0.25, 0.3) is 0 Å². The molecule has 2 N–H and O–H groups in total. The summed E-state index contributed by atoms with van der Waals surface area (Å²) in [6, 6.07) is 0. The van der Waals surface area contributed by atoms with E-state index >= 15 is 0 Å². The molecule has 0 aromatic carbocycles. The van der Waals surface area contributed by atoms with Crippen LogP contribution in [-0.4, -0.2) is 22.9 Å². The molecule has 0 amide bonds. The van der Waals surface area contributed by atoms with Crippen LogP contribution < -0.4 is 0 Å². The molecule has 4 nitrogen and oxygen atoms in total. The molecule has 1 saturated carbocycles. The van der Waals surface area contributed by atoms with Crippen molar-refractivity contribution in [3.63, 3.8) is 0 Å². The van der Waals surface area contributed by atoms with E-state index in [1.54, 1.807) is 0 Å². The van der Waals surface area contributed by atoms with E-state index in [2.05, 4.69) is 4.89 Å². The molecule has 1 rings (SSSR count). The zero-order chi connectivity index (χ0) is 8.97. The average molecular weight is 174 g/mol. The van der Waals surface area contributed by atoms with Crippen LogP contribution in [0.25, 0.3) is 0 Å². The van der Waals surface area contributed by atoms with E-state index in [0.717, 1.165) is 19.3 Å². The molecule has 0 radical (unpaired) electrons. The van der Waals surface area contributed by atoms with Crippen molar-refractivity contribution < 1.29 is 20.0 Å².